The van der Waals surface area contributed by atoms with E-state index in [2.05, 4.69) is 15.4 Å². The molecule has 10 nitrogen and oxygen atoms in total. The van der Waals surface area contributed by atoms with Gasteiger partial charge in [0.2, 0.25) is 0 Å². The molecule has 1 amide bonds. The summed E-state index contributed by atoms with van der Waals surface area (Å²) >= 11 is 1.38. The molecule has 12 heteroatoms. The summed E-state index contributed by atoms with van der Waals surface area (Å²) in [4.78, 5) is 31.1. The standard InChI is InChI=1S/C36H32N5O5PS/c1-24(36(43)45-3)40-47(44,46-33-16-10-12-25-11-4-5-14-28(25)33)41-32-23-27(48-34-17-7-6-15-30(34)35(42)37-2)19-20-29(32)31(39-41)21-18-26-13-8-9-22-38-26/h4-24H,1-3H3,(H,37,42)(H,40,44)/b21-18+/t24-,47?/m0/s1. The monoisotopic (exact) mass is 677 g/mol. The number of nitrogens with zero attached hydrogens (tertiary/aromatic N) is 3. The molecule has 0 radical (unpaired) electrons. The van der Waals surface area contributed by atoms with E-state index in [0.717, 1.165) is 20.6 Å². The van der Waals surface area contributed by atoms with Gasteiger partial charge in [-0.15, -0.1) is 0 Å². The minimum atomic E-state index is -4.24. The third-order valence-corrected chi connectivity index (χ3v) is 10.5. The summed E-state index contributed by atoms with van der Waals surface area (Å²) in [5.41, 5.74) is 2.22. The Morgan fingerprint density at radius 1 is 0.917 bits per heavy atom. The van der Waals surface area contributed by atoms with Crippen LogP contribution >= 0.6 is 19.4 Å². The van der Waals surface area contributed by atoms with Crippen molar-refractivity contribution in [3.63, 3.8) is 0 Å². The number of amides is 1. The highest BCUT2D eigenvalue weighted by Crippen LogP contribution is 2.49. The number of carbonyl (C=O) groups is 2. The summed E-state index contributed by atoms with van der Waals surface area (Å²) in [6.45, 7) is 1.55. The Hall–Kier alpha value is -5.22. The van der Waals surface area contributed by atoms with Crippen LogP contribution in [0.3, 0.4) is 0 Å². The summed E-state index contributed by atoms with van der Waals surface area (Å²) in [5, 5.41) is 12.7. The number of pyridine rings is 1. The zero-order chi connectivity index (χ0) is 33.7. The smallest absolute Gasteiger partial charge is 0.440 e. The molecule has 2 heterocycles. The van der Waals surface area contributed by atoms with Crippen molar-refractivity contribution in [3.05, 3.63) is 126 Å². The lowest BCUT2D eigenvalue weighted by Gasteiger charge is -2.24. The Morgan fingerprint density at radius 2 is 1.69 bits per heavy atom. The van der Waals surface area contributed by atoms with E-state index in [-0.39, 0.29) is 5.91 Å². The van der Waals surface area contributed by atoms with Gasteiger partial charge in [0.25, 0.3) is 5.91 Å². The first kappa shape index (κ1) is 32.7. The zero-order valence-electron chi connectivity index (χ0n) is 26.4. The summed E-state index contributed by atoms with van der Waals surface area (Å²) in [7, 11) is -1.39. The lowest BCUT2D eigenvalue weighted by molar-refractivity contribution is -0.142. The van der Waals surface area contributed by atoms with Gasteiger partial charge in [0.15, 0.2) is 0 Å². The number of rotatable bonds is 11. The minimum Gasteiger partial charge on any atom is -0.468 e. The molecule has 6 aromatic rings. The molecule has 0 saturated heterocycles. The minimum absolute atomic E-state index is 0.208. The van der Waals surface area contributed by atoms with Crippen LogP contribution in [0.4, 0.5) is 0 Å². The van der Waals surface area contributed by atoms with Crippen LogP contribution in [-0.2, 0) is 14.1 Å². The number of esters is 1. The first-order valence-electron chi connectivity index (χ1n) is 15.0. The second kappa shape index (κ2) is 14.3. The predicted octanol–water partition coefficient (Wildman–Crippen LogP) is 7.45. The van der Waals surface area contributed by atoms with Crippen molar-refractivity contribution in [2.45, 2.75) is 22.8 Å². The van der Waals surface area contributed by atoms with Crippen molar-refractivity contribution >= 4 is 65.1 Å². The maximum atomic E-state index is 15.3. The molecule has 2 aromatic heterocycles. The van der Waals surface area contributed by atoms with Gasteiger partial charge in [-0.1, -0.05) is 66.4 Å². The molecule has 0 aliphatic rings. The second-order valence-corrected chi connectivity index (χ2v) is 13.7. The van der Waals surface area contributed by atoms with Crippen molar-refractivity contribution in [1.29, 1.82) is 0 Å². The van der Waals surface area contributed by atoms with Crippen LogP contribution < -0.4 is 14.9 Å². The molecule has 2 atom stereocenters. The number of hydrogen-bond acceptors (Lipinski definition) is 8. The van der Waals surface area contributed by atoms with Gasteiger partial charge >= 0.3 is 13.6 Å². The van der Waals surface area contributed by atoms with Crippen molar-refractivity contribution in [1.82, 2.24) is 24.9 Å². The predicted molar refractivity (Wildman–Crippen MR) is 189 cm³/mol. The molecule has 0 saturated carbocycles. The van der Waals surface area contributed by atoms with Gasteiger partial charge in [0, 0.05) is 33.8 Å². The fourth-order valence-corrected chi connectivity index (χ4v) is 8.04. The molecule has 0 spiro atoms. The molecule has 48 heavy (non-hydrogen) atoms. The number of hydrogen-bond donors (Lipinski definition) is 2. The molecule has 2 N–H and O–H groups in total. The number of nitrogens with one attached hydrogen (secondary N) is 2. The molecular weight excluding hydrogens is 645 g/mol. The van der Waals surface area contributed by atoms with Crippen molar-refractivity contribution in [2.24, 2.45) is 0 Å². The van der Waals surface area contributed by atoms with E-state index >= 15 is 4.57 Å². The van der Waals surface area contributed by atoms with E-state index in [4.69, 9.17) is 14.4 Å². The van der Waals surface area contributed by atoms with E-state index in [9.17, 15) is 9.59 Å². The summed E-state index contributed by atoms with van der Waals surface area (Å²) in [6.07, 6.45) is 5.30. The number of aromatic nitrogens is 3. The summed E-state index contributed by atoms with van der Waals surface area (Å²) in [5.74, 6) is -0.481. The quantitative estimate of drug-likeness (QED) is 0.106. The van der Waals surface area contributed by atoms with Crippen molar-refractivity contribution in [3.8, 4) is 5.75 Å². The highest BCUT2D eigenvalue weighted by molar-refractivity contribution is 7.99. The zero-order valence-corrected chi connectivity index (χ0v) is 28.1. The lowest BCUT2D eigenvalue weighted by Crippen LogP contribution is -2.36. The largest absolute Gasteiger partial charge is 0.468 e. The van der Waals surface area contributed by atoms with Crippen LogP contribution in [0.2, 0.25) is 0 Å². The van der Waals surface area contributed by atoms with E-state index < -0.39 is 19.7 Å². The van der Waals surface area contributed by atoms with Crippen molar-refractivity contribution < 1.29 is 23.4 Å². The van der Waals surface area contributed by atoms with Crippen LogP contribution in [0.25, 0.3) is 33.8 Å². The maximum absolute atomic E-state index is 15.3. The molecule has 0 fully saturated rings. The van der Waals surface area contributed by atoms with Gasteiger partial charge in [-0.2, -0.15) is 9.55 Å². The van der Waals surface area contributed by atoms with Crippen LogP contribution in [-0.4, -0.2) is 46.6 Å². The van der Waals surface area contributed by atoms with E-state index in [1.807, 2.05) is 97.1 Å². The number of fused-ring (bicyclic) bond motifs is 2. The first-order valence-corrected chi connectivity index (χ1v) is 17.4. The average molecular weight is 678 g/mol. The number of methoxy groups -OCH3 is 1. The van der Waals surface area contributed by atoms with Crippen LogP contribution in [0.1, 0.15) is 28.7 Å². The fraction of sp³-hybridized carbons (Fsp3) is 0.111. The Balaban J connectivity index is 1.53. The lowest BCUT2D eigenvalue weighted by atomic mass is 10.1. The molecular formula is C36H32N5O5PS. The van der Waals surface area contributed by atoms with Gasteiger partial charge in [-0.25, -0.2) is 9.65 Å². The normalized spacial score (nSPS) is 13.3. The topological polar surface area (TPSA) is 124 Å². The molecule has 0 bridgehead atoms. The molecule has 6 rings (SSSR count). The molecule has 1 unspecified atom stereocenters. The Kier molecular flexibility index (Phi) is 9.72. The molecule has 242 valence electrons. The Bertz CT molecular complexity index is 2200. The molecule has 0 aliphatic heterocycles. The van der Waals surface area contributed by atoms with Gasteiger partial charge in [0.1, 0.15) is 11.8 Å². The third-order valence-electron chi connectivity index (χ3n) is 7.48. The highest BCUT2D eigenvalue weighted by Gasteiger charge is 2.36. The molecule has 0 aliphatic carbocycles. The number of benzene rings is 4. The summed E-state index contributed by atoms with van der Waals surface area (Å²) in [6, 6.07) is 30.6. The Labute approximate surface area is 281 Å². The van der Waals surface area contributed by atoms with Crippen LogP contribution in [0.15, 0.2) is 119 Å². The number of carbonyl (C=O) groups excluding carboxylic acids is 2. The van der Waals surface area contributed by atoms with E-state index in [1.165, 1.54) is 23.3 Å². The first-order chi connectivity index (χ1) is 23.3. The number of ether oxygens (including phenoxy) is 1. The molecule has 4 aromatic carbocycles. The maximum Gasteiger partial charge on any atom is 0.440 e. The van der Waals surface area contributed by atoms with Crippen molar-refractivity contribution in [2.75, 3.05) is 14.2 Å². The Morgan fingerprint density at radius 3 is 2.48 bits per heavy atom. The van der Waals surface area contributed by atoms with Gasteiger partial charge in [-0.05, 0) is 73.0 Å². The van der Waals surface area contributed by atoms with Gasteiger partial charge < -0.3 is 14.6 Å². The van der Waals surface area contributed by atoms with E-state index in [0.29, 0.717) is 33.6 Å². The average Bonchev–Trinajstić information content (AvgIpc) is 3.49. The van der Waals surface area contributed by atoms with Gasteiger partial charge in [0.05, 0.1) is 29.6 Å². The summed E-state index contributed by atoms with van der Waals surface area (Å²) < 4.78 is 28.0. The highest BCUT2D eigenvalue weighted by atomic mass is 32.2. The second-order valence-electron chi connectivity index (χ2n) is 10.7. The van der Waals surface area contributed by atoms with Gasteiger partial charge in [-0.3, -0.25) is 14.6 Å². The SMILES string of the molecule is CNC(=O)c1ccccc1Sc1ccc2c(/C=C/c3ccccn3)nn(P(=O)(N[C@@H](C)C(=O)OC)Oc3cccc4ccccc34)c2c1. The third kappa shape index (κ3) is 6.89. The van der Waals surface area contributed by atoms with E-state index in [1.54, 1.807) is 38.4 Å². The van der Waals surface area contributed by atoms with Crippen LogP contribution in [0.5, 0.6) is 5.75 Å². The fourth-order valence-electron chi connectivity index (χ4n) is 5.14. The van der Waals surface area contributed by atoms with Crippen LogP contribution in [0, 0.1) is 0 Å².